The van der Waals surface area contributed by atoms with Crippen molar-refractivity contribution in [3.05, 3.63) is 40.9 Å². The second-order valence-corrected chi connectivity index (χ2v) is 6.20. The lowest BCUT2D eigenvalue weighted by atomic mass is 10.2. The van der Waals surface area contributed by atoms with E-state index in [1.165, 1.54) is 18.4 Å². The van der Waals surface area contributed by atoms with Crippen LogP contribution in [0.15, 0.2) is 40.4 Å². The predicted molar refractivity (Wildman–Crippen MR) is 73.1 cm³/mol. The van der Waals surface area contributed by atoms with Crippen molar-refractivity contribution in [2.75, 3.05) is 14.1 Å². The Hall–Kier alpha value is -1.72. The molecule has 0 aliphatic carbocycles. The Labute approximate surface area is 106 Å². The van der Waals surface area contributed by atoms with Crippen molar-refractivity contribution in [3.63, 3.8) is 0 Å². The zero-order chi connectivity index (χ0) is 13.2. The van der Waals surface area contributed by atoms with Gasteiger partial charge < -0.3 is 0 Å². The van der Waals surface area contributed by atoms with Crippen molar-refractivity contribution in [2.45, 2.75) is 4.90 Å². The Morgan fingerprint density at radius 3 is 2.61 bits per heavy atom. The molecule has 0 saturated carbocycles. The van der Waals surface area contributed by atoms with Gasteiger partial charge in [0.15, 0.2) is 0 Å². The van der Waals surface area contributed by atoms with Gasteiger partial charge in [-0.1, -0.05) is 12.1 Å². The van der Waals surface area contributed by atoms with Gasteiger partial charge in [-0.2, -0.15) is 0 Å². The summed E-state index contributed by atoms with van der Waals surface area (Å²) in [6.45, 7) is 0. The third kappa shape index (κ3) is 2.42. The second kappa shape index (κ2) is 4.88. The number of hydrogen-bond acceptors (Lipinski definition) is 3. The van der Waals surface area contributed by atoms with E-state index in [0.29, 0.717) is 4.90 Å². The van der Waals surface area contributed by atoms with E-state index in [1.807, 2.05) is 12.2 Å². The van der Waals surface area contributed by atoms with E-state index in [2.05, 4.69) is 4.99 Å². The molecule has 1 aliphatic rings. The smallest absolute Gasteiger partial charge is 0.242 e. The Bertz CT molecular complexity index is 729. The van der Waals surface area contributed by atoms with Crippen molar-refractivity contribution in [2.24, 2.45) is 4.99 Å². The van der Waals surface area contributed by atoms with Gasteiger partial charge in [0.2, 0.25) is 10.0 Å². The van der Waals surface area contributed by atoms with Crippen LogP contribution in [0, 0.1) is 0 Å². The SMILES string of the molecule is CN(C)S(=O)(=O)c1ccc2/c(c1)=C\C=C/N=C\C=2. The summed E-state index contributed by atoms with van der Waals surface area (Å²) in [7, 11) is -0.345. The summed E-state index contributed by atoms with van der Waals surface area (Å²) in [5.41, 5.74) is 0. The van der Waals surface area contributed by atoms with Gasteiger partial charge in [-0.15, -0.1) is 0 Å². The highest BCUT2D eigenvalue weighted by Crippen LogP contribution is 2.08. The quantitative estimate of drug-likeness (QED) is 0.759. The molecule has 4 nitrogen and oxygen atoms in total. The Kier molecular flexibility index (Phi) is 3.45. The van der Waals surface area contributed by atoms with Gasteiger partial charge in [-0.3, -0.25) is 4.99 Å². The molecule has 0 bridgehead atoms. The highest BCUT2D eigenvalue weighted by atomic mass is 32.2. The van der Waals surface area contributed by atoms with E-state index in [-0.39, 0.29) is 0 Å². The summed E-state index contributed by atoms with van der Waals surface area (Å²) in [5.74, 6) is 0. The van der Waals surface area contributed by atoms with Crippen molar-refractivity contribution >= 4 is 28.4 Å². The van der Waals surface area contributed by atoms with E-state index in [1.54, 1.807) is 36.7 Å². The first-order chi connectivity index (χ1) is 8.51. The van der Waals surface area contributed by atoms with Crippen LogP contribution in [0.5, 0.6) is 0 Å². The first-order valence-electron chi connectivity index (χ1n) is 5.45. The maximum absolute atomic E-state index is 12.0. The van der Waals surface area contributed by atoms with E-state index < -0.39 is 10.0 Å². The summed E-state index contributed by atoms with van der Waals surface area (Å²) in [5, 5.41) is 1.81. The average Bonchev–Trinajstić information content (AvgIpc) is 2.29. The van der Waals surface area contributed by atoms with Gasteiger partial charge in [0.1, 0.15) is 0 Å². The fourth-order valence-electron chi connectivity index (χ4n) is 1.59. The Morgan fingerprint density at radius 2 is 1.89 bits per heavy atom. The molecule has 94 valence electrons. The molecule has 1 aromatic rings. The molecular weight excluding hydrogens is 248 g/mol. The maximum atomic E-state index is 12.0. The molecule has 2 rings (SSSR count). The molecule has 1 heterocycles. The van der Waals surface area contributed by atoms with Crippen LogP contribution in [-0.2, 0) is 10.0 Å². The molecule has 0 spiro atoms. The van der Waals surface area contributed by atoms with Crippen LogP contribution >= 0.6 is 0 Å². The molecule has 1 aliphatic heterocycles. The van der Waals surface area contributed by atoms with Gasteiger partial charge in [-0.25, -0.2) is 12.7 Å². The van der Waals surface area contributed by atoms with E-state index in [4.69, 9.17) is 0 Å². The summed E-state index contributed by atoms with van der Waals surface area (Å²) < 4.78 is 25.3. The number of allylic oxidation sites excluding steroid dienone is 1. The molecule has 5 heteroatoms. The van der Waals surface area contributed by atoms with Crippen molar-refractivity contribution < 1.29 is 8.42 Å². The van der Waals surface area contributed by atoms with Crippen LogP contribution in [0.2, 0.25) is 0 Å². The monoisotopic (exact) mass is 262 g/mol. The van der Waals surface area contributed by atoms with Crippen molar-refractivity contribution in [3.8, 4) is 0 Å². The number of aliphatic imine (C=N–C) groups is 1. The molecule has 0 N–H and O–H groups in total. The topological polar surface area (TPSA) is 49.7 Å². The Balaban J connectivity index is 2.69. The molecule has 0 fully saturated rings. The zero-order valence-electron chi connectivity index (χ0n) is 10.2. The molecule has 0 radical (unpaired) electrons. The number of hydrogen-bond donors (Lipinski definition) is 0. The van der Waals surface area contributed by atoms with E-state index in [9.17, 15) is 8.42 Å². The summed E-state index contributed by atoms with van der Waals surface area (Å²) in [6.07, 6.45) is 8.82. The number of fused-ring (bicyclic) bond motifs is 1. The number of nitrogens with zero attached hydrogens (tertiary/aromatic N) is 2. The highest BCUT2D eigenvalue weighted by molar-refractivity contribution is 7.89. The van der Waals surface area contributed by atoms with E-state index >= 15 is 0 Å². The molecule has 1 aromatic carbocycles. The van der Waals surface area contributed by atoms with Crippen molar-refractivity contribution in [1.82, 2.24) is 4.31 Å². The summed E-state index contributed by atoms with van der Waals surface area (Å²) in [4.78, 5) is 4.30. The minimum atomic E-state index is -3.39. The lowest BCUT2D eigenvalue weighted by Crippen LogP contribution is -2.29. The first kappa shape index (κ1) is 12.7. The van der Waals surface area contributed by atoms with Crippen LogP contribution in [0.25, 0.3) is 12.2 Å². The third-order valence-electron chi connectivity index (χ3n) is 2.62. The first-order valence-corrected chi connectivity index (χ1v) is 6.89. The summed E-state index contributed by atoms with van der Waals surface area (Å²) >= 11 is 0. The van der Waals surface area contributed by atoms with Crippen LogP contribution in [0.3, 0.4) is 0 Å². The van der Waals surface area contributed by atoms with Crippen LogP contribution < -0.4 is 10.4 Å². The van der Waals surface area contributed by atoms with Crippen LogP contribution in [0.1, 0.15) is 0 Å². The van der Waals surface area contributed by atoms with Gasteiger partial charge in [0.05, 0.1) is 4.90 Å². The molecule has 0 aromatic heterocycles. The van der Waals surface area contributed by atoms with Gasteiger partial charge in [0, 0.05) is 26.5 Å². The zero-order valence-corrected chi connectivity index (χ0v) is 11.1. The molecule has 0 saturated heterocycles. The standard InChI is InChI=1S/C13H14N2O2S/c1-15(2)18(16,17)13-6-5-11-7-9-14-8-3-4-12(11)10-13/h3-10H,1-2H3/b4-3?,8-3-,9-7?,11-7-,12-4-,14-8?,14-9-. The van der Waals surface area contributed by atoms with Gasteiger partial charge >= 0.3 is 0 Å². The largest absolute Gasteiger partial charge is 0.265 e. The molecule has 0 unspecified atom stereocenters. The predicted octanol–water partition coefficient (Wildman–Crippen LogP) is 0.0960. The number of rotatable bonds is 2. The third-order valence-corrected chi connectivity index (χ3v) is 4.44. The minimum Gasteiger partial charge on any atom is -0.265 e. The normalized spacial score (nSPS) is 21.7. The fraction of sp³-hybridized carbons (Fsp3) is 0.154. The second-order valence-electron chi connectivity index (χ2n) is 4.05. The van der Waals surface area contributed by atoms with Crippen molar-refractivity contribution in [1.29, 1.82) is 0 Å². The molecular formula is C13H14N2O2S. The van der Waals surface area contributed by atoms with E-state index in [0.717, 1.165) is 10.4 Å². The lowest BCUT2D eigenvalue weighted by molar-refractivity contribution is 0.520. The molecule has 18 heavy (non-hydrogen) atoms. The molecule has 0 atom stereocenters. The fourth-order valence-corrected chi connectivity index (χ4v) is 2.53. The van der Waals surface area contributed by atoms with Gasteiger partial charge in [0.25, 0.3) is 0 Å². The maximum Gasteiger partial charge on any atom is 0.242 e. The number of benzene rings is 1. The van der Waals surface area contributed by atoms with Gasteiger partial charge in [-0.05, 0) is 34.7 Å². The van der Waals surface area contributed by atoms with Crippen LogP contribution in [0.4, 0.5) is 0 Å². The Morgan fingerprint density at radius 1 is 1.11 bits per heavy atom. The van der Waals surface area contributed by atoms with Crippen LogP contribution in [-0.4, -0.2) is 33.0 Å². The number of sulfonamides is 1. The highest BCUT2D eigenvalue weighted by Gasteiger charge is 2.16. The molecule has 0 amide bonds. The lowest BCUT2D eigenvalue weighted by Gasteiger charge is -2.11. The average molecular weight is 262 g/mol. The minimum absolute atomic E-state index is 0.293. The summed E-state index contributed by atoms with van der Waals surface area (Å²) in [6, 6.07) is 5.07.